The summed E-state index contributed by atoms with van der Waals surface area (Å²) in [7, 11) is -2.00. The van der Waals surface area contributed by atoms with Gasteiger partial charge >= 0.3 is 0 Å². The molecule has 5 aromatic carbocycles. The van der Waals surface area contributed by atoms with E-state index in [0.29, 0.717) is 10.6 Å². The minimum absolute atomic E-state index is 0.0388. The maximum atomic E-state index is 16.4. The van der Waals surface area contributed by atoms with E-state index in [2.05, 4.69) is 10.8 Å². The van der Waals surface area contributed by atoms with E-state index in [9.17, 15) is 8.78 Å². The Morgan fingerprint density at radius 3 is 1.23 bits per heavy atom. The molecule has 0 atom stereocenters. The van der Waals surface area contributed by atoms with E-state index in [0.717, 1.165) is 12.5 Å². The average molecular weight is 743 g/mol. The van der Waals surface area contributed by atoms with Crippen molar-refractivity contribution < 1.29 is 43.9 Å². The highest BCUT2D eigenvalue weighted by atomic mass is 31.1. The number of hydrogen-bond acceptors (Lipinski definition) is 0. The van der Waals surface area contributed by atoms with Crippen molar-refractivity contribution >= 4 is 40.9 Å². The van der Waals surface area contributed by atoms with Gasteiger partial charge in [0.2, 0.25) is 0 Å². The fourth-order valence-electron chi connectivity index (χ4n) is 6.11. The zero-order valence-electron chi connectivity index (χ0n) is 28.3. The molecule has 5 aromatic rings. The Morgan fingerprint density at radius 2 is 0.885 bits per heavy atom. The molecular formula is C39H29BF10NP. The molecule has 0 heterocycles. The van der Waals surface area contributed by atoms with Gasteiger partial charge in [0.1, 0.15) is 23.3 Å². The van der Waals surface area contributed by atoms with Gasteiger partial charge in [-0.2, -0.15) is 5.47 Å². The zero-order valence-corrected chi connectivity index (χ0v) is 29.2. The van der Waals surface area contributed by atoms with Gasteiger partial charge in [-0.1, -0.05) is 97.4 Å². The summed E-state index contributed by atoms with van der Waals surface area (Å²) in [6.45, 7) is 7.09. The van der Waals surface area contributed by atoms with Crippen LogP contribution in [-0.4, -0.2) is 11.7 Å². The number of allylic oxidation sites excluding steroid dienone is 1. The van der Waals surface area contributed by atoms with Crippen molar-refractivity contribution in [3.8, 4) is 5.97 Å². The molecule has 268 valence electrons. The second kappa shape index (κ2) is 14.6. The molecule has 13 heteroatoms. The van der Waals surface area contributed by atoms with Crippen molar-refractivity contribution in [3.05, 3.63) is 165 Å². The van der Waals surface area contributed by atoms with E-state index in [1.165, 1.54) is 20.8 Å². The highest BCUT2D eigenvalue weighted by Crippen LogP contribution is 2.52. The molecule has 0 aromatic heterocycles. The van der Waals surface area contributed by atoms with Gasteiger partial charge in [-0.25, -0.2) is 43.9 Å². The number of hydrogen-bond donors (Lipinski definition) is 0. The van der Waals surface area contributed by atoms with Gasteiger partial charge in [-0.3, -0.25) is 0 Å². The first-order valence-corrected chi connectivity index (χ1v) is 17.1. The van der Waals surface area contributed by atoms with E-state index in [1.807, 2.05) is 0 Å². The Hall–Kier alpha value is -4.88. The van der Waals surface area contributed by atoms with Gasteiger partial charge in [0, 0.05) is 20.8 Å². The maximum absolute atomic E-state index is 16.4. The molecule has 52 heavy (non-hydrogen) atoms. The number of nitrogens with zero attached hydrogens (tertiary/aromatic N) is 1. The Kier molecular flexibility index (Phi) is 10.8. The second-order valence-corrected chi connectivity index (χ2v) is 15.3. The largest absolute Gasteiger partial charge is 0.268 e. The van der Waals surface area contributed by atoms with E-state index < -0.39 is 94.2 Å². The van der Waals surface area contributed by atoms with E-state index in [4.69, 9.17) is 0 Å². The van der Waals surface area contributed by atoms with Gasteiger partial charge in [0.05, 0.1) is 5.97 Å². The first-order valence-electron chi connectivity index (χ1n) is 15.8. The van der Waals surface area contributed by atoms with Crippen LogP contribution in [0.2, 0.25) is 0 Å². The molecule has 0 aliphatic carbocycles. The van der Waals surface area contributed by atoms with Gasteiger partial charge in [0.15, 0.2) is 34.9 Å². The van der Waals surface area contributed by atoms with E-state index >= 15 is 35.1 Å². The highest BCUT2D eigenvalue weighted by molar-refractivity contribution is 7.82. The molecule has 0 spiro atoms. The smallest absolute Gasteiger partial charge is 0.207 e. The lowest BCUT2D eigenvalue weighted by atomic mass is 9.15. The summed E-state index contributed by atoms with van der Waals surface area (Å²) in [6, 6.07) is 23.3. The Bertz CT molecular complexity index is 2090. The van der Waals surface area contributed by atoms with Crippen LogP contribution in [0.1, 0.15) is 38.8 Å². The summed E-state index contributed by atoms with van der Waals surface area (Å²) >= 11 is 0. The van der Waals surface area contributed by atoms with Gasteiger partial charge in [-0.05, 0) is 36.3 Å². The Labute approximate surface area is 295 Å². The predicted molar refractivity (Wildman–Crippen MR) is 187 cm³/mol. The number of halogens is 10. The average Bonchev–Trinajstić information content (AvgIpc) is 3.13. The third-order valence-electron chi connectivity index (χ3n) is 8.55. The molecule has 1 nitrogen and oxygen atoms in total. The topological polar surface area (TPSA) is 4.36 Å². The van der Waals surface area contributed by atoms with Crippen LogP contribution in [0.5, 0.6) is 0 Å². The molecule has 0 amide bonds. The lowest BCUT2D eigenvalue weighted by molar-refractivity contribution is 0.382. The summed E-state index contributed by atoms with van der Waals surface area (Å²) in [5.74, 6) is -23.2. The van der Waals surface area contributed by atoms with Crippen LogP contribution in [0.4, 0.5) is 43.9 Å². The van der Waals surface area contributed by atoms with Gasteiger partial charge in [-0.15, -0.1) is 15.8 Å². The number of aryl methyl sites for hydroxylation is 1. The lowest BCUT2D eigenvalue weighted by Crippen LogP contribution is -2.65. The Morgan fingerprint density at radius 1 is 0.538 bits per heavy atom. The summed E-state index contributed by atoms with van der Waals surface area (Å²) in [6.07, 6.45) is -4.68. The van der Waals surface area contributed by atoms with Gasteiger partial charge < -0.3 is 0 Å². The van der Waals surface area contributed by atoms with Crippen LogP contribution in [0.3, 0.4) is 0 Å². The SMILES string of the molecule is C/C(=C(\c1ccc(C)cc1)P(c1ccccc1)c1ccccc1)[B-](C#[N+]C(C)(C)C)(c1c(F)c(F)c(F)c(F)c1F)c1c(F)c(F)c(F)c(F)c1F. The van der Waals surface area contributed by atoms with Crippen LogP contribution in [0.25, 0.3) is 10.2 Å². The molecule has 0 saturated carbocycles. The zero-order chi connectivity index (χ0) is 38.3. The normalized spacial score (nSPS) is 12.5. The standard InChI is InChI=1S/C39H29BF10NP/c1-21-16-18-23(19-17-21)38(52(24-12-8-6-9-13-24)25-14-10-7-11-15-25)22(2)40(20-51-39(3,4)5,26-28(41)32(45)36(49)33(46)29(26)42)27-30(43)34(47)37(50)35(48)31(27)44/h6-19H,1-5H3/b38-22-. The van der Waals surface area contributed by atoms with Crippen molar-refractivity contribution in [3.63, 3.8) is 0 Å². The summed E-state index contributed by atoms with van der Waals surface area (Å²) in [5, 5.41) is 1.13. The third kappa shape index (κ3) is 6.75. The molecule has 0 aliphatic heterocycles. The first-order chi connectivity index (χ1) is 24.4. The molecule has 0 N–H and O–H groups in total. The molecular weight excluding hydrogens is 714 g/mol. The number of benzene rings is 5. The fourth-order valence-corrected chi connectivity index (χ4v) is 8.82. The number of rotatable bonds is 7. The van der Waals surface area contributed by atoms with Crippen molar-refractivity contribution in [2.75, 3.05) is 0 Å². The monoisotopic (exact) mass is 743 g/mol. The molecule has 5 rings (SSSR count). The van der Waals surface area contributed by atoms with Crippen molar-refractivity contribution in [1.82, 2.24) is 0 Å². The van der Waals surface area contributed by atoms with Crippen molar-refractivity contribution in [2.24, 2.45) is 0 Å². The van der Waals surface area contributed by atoms with Crippen molar-refractivity contribution in [1.29, 1.82) is 0 Å². The minimum atomic E-state index is -4.68. The summed E-state index contributed by atoms with van der Waals surface area (Å²) < 4.78 is 156. The lowest BCUT2D eigenvalue weighted by Gasteiger charge is -2.39. The van der Waals surface area contributed by atoms with E-state index in [1.54, 1.807) is 91.9 Å². The van der Waals surface area contributed by atoms with Crippen molar-refractivity contribution in [2.45, 2.75) is 40.2 Å². The molecule has 0 saturated heterocycles. The third-order valence-corrected chi connectivity index (χ3v) is 11.2. The van der Waals surface area contributed by atoms with Crippen LogP contribution in [0, 0.1) is 71.1 Å². The second-order valence-electron chi connectivity index (χ2n) is 13.1. The highest BCUT2D eigenvalue weighted by Gasteiger charge is 2.49. The summed E-state index contributed by atoms with van der Waals surface area (Å²) in [4.78, 5) is 4.13. The van der Waals surface area contributed by atoms with Gasteiger partial charge in [0.25, 0.3) is 11.7 Å². The quantitative estimate of drug-likeness (QED) is 0.0515. The predicted octanol–water partition coefficient (Wildman–Crippen LogP) is 9.72. The molecule has 0 radical (unpaired) electrons. The van der Waals surface area contributed by atoms with Crippen LogP contribution >= 0.6 is 7.92 Å². The van der Waals surface area contributed by atoms with E-state index in [-0.39, 0.29) is 10.9 Å². The molecule has 0 fully saturated rings. The van der Waals surface area contributed by atoms with Crippen LogP contribution in [0.15, 0.2) is 90.4 Å². The molecule has 0 aliphatic rings. The van der Waals surface area contributed by atoms with Crippen LogP contribution < -0.4 is 21.5 Å². The molecule has 0 bridgehead atoms. The Balaban J connectivity index is 2.21. The molecule has 0 unspecified atom stereocenters. The summed E-state index contributed by atoms with van der Waals surface area (Å²) in [5.41, 5.74) is -4.64. The van der Waals surface area contributed by atoms with Crippen LogP contribution in [-0.2, 0) is 0 Å². The first kappa shape index (κ1) is 38.4. The fraction of sp³-hybridized carbons (Fsp3) is 0.154. The maximum Gasteiger partial charge on any atom is 0.268 e. The minimum Gasteiger partial charge on any atom is -0.207 e.